The monoisotopic (exact) mass is 670 g/mol. The molecule has 0 aromatic rings. The van der Waals surface area contributed by atoms with Crippen LogP contribution in [0.15, 0.2) is 0 Å². The van der Waals surface area contributed by atoms with Gasteiger partial charge in [0.05, 0.1) is 25.9 Å². The Morgan fingerprint density at radius 2 is 0.826 bits per heavy atom. The van der Waals surface area contributed by atoms with E-state index < -0.39 is 91.9 Å². The Hall–Kier alpha value is -0.600. The van der Waals surface area contributed by atoms with E-state index in [1.807, 2.05) is 27.7 Å². The smallest absolute Gasteiger partial charge is 0.187 e. The van der Waals surface area contributed by atoms with Crippen LogP contribution in [-0.4, -0.2) is 172 Å². The lowest BCUT2D eigenvalue weighted by atomic mass is 9.94. The average Bonchev–Trinajstić information content (AvgIpc) is 3.04. The average molecular weight is 671 g/mol. The van der Waals surface area contributed by atoms with Crippen LogP contribution in [-0.2, 0) is 52.1 Å². The first-order valence-electron chi connectivity index (χ1n) is 16.7. The van der Waals surface area contributed by atoms with Crippen LogP contribution in [0.1, 0.15) is 48.5 Å². The Balaban J connectivity index is 1.90. The van der Waals surface area contributed by atoms with Gasteiger partial charge in [0, 0.05) is 39.6 Å². The maximum atomic E-state index is 11.8. The molecular weight excluding hydrogens is 612 g/mol. The molecule has 3 aliphatic heterocycles. The summed E-state index contributed by atoms with van der Waals surface area (Å²) in [7, 11) is 0. The minimum absolute atomic E-state index is 0.00120. The van der Waals surface area contributed by atoms with Gasteiger partial charge in [0.2, 0.25) is 0 Å². The van der Waals surface area contributed by atoms with Crippen molar-refractivity contribution < 1.29 is 72.5 Å². The van der Waals surface area contributed by atoms with Crippen molar-refractivity contribution in [1.82, 2.24) is 0 Å². The van der Waals surface area contributed by atoms with Gasteiger partial charge in [-0.15, -0.1) is 0 Å². The molecule has 0 spiro atoms. The lowest BCUT2D eigenvalue weighted by Gasteiger charge is -2.50. The van der Waals surface area contributed by atoms with Crippen LogP contribution in [0.5, 0.6) is 0 Å². The van der Waals surface area contributed by atoms with E-state index in [0.717, 1.165) is 0 Å². The van der Waals surface area contributed by atoms with Crippen LogP contribution >= 0.6 is 0 Å². The molecule has 4 N–H and O–H groups in total. The third-order valence-corrected chi connectivity index (χ3v) is 8.27. The van der Waals surface area contributed by atoms with E-state index in [1.54, 1.807) is 20.8 Å². The minimum atomic E-state index is -1.36. The summed E-state index contributed by atoms with van der Waals surface area (Å²) in [4.78, 5) is 0. The Morgan fingerprint density at radius 3 is 1.30 bits per heavy atom. The second kappa shape index (κ2) is 20.2. The Labute approximate surface area is 272 Å². The Morgan fingerprint density at radius 1 is 0.435 bits per heavy atom. The molecule has 0 bridgehead atoms. The van der Waals surface area contributed by atoms with Gasteiger partial charge in [-0.1, -0.05) is 0 Å². The van der Waals surface area contributed by atoms with Crippen molar-refractivity contribution in [3.63, 3.8) is 0 Å². The van der Waals surface area contributed by atoms with Gasteiger partial charge in [-0.2, -0.15) is 0 Å². The number of aliphatic hydroxyl groups is 4. The Bertz CT molecular complexity index is 819. The molecule has 15 heteroatoms. The van der Waals surface area contributed by atoms with E-state index in [9.17, 15) is 20.4 Å². The van der Waals surface area contributed by atoms with Gasteiger partial charge in [-0.25, -0.2) is 0 Å². The zero-order chi connectivity index (χ0) is 33.8. The van der Waals surface area contributed by atoms with Crippen LogP contribution in [0.3, 0.4) is 0 Å². The van der Waals surface area contributed by atoms with E-state index in [2.05, 4.69) is 0 Å². The largest absolute Gasteiger partial charge is 0.387 e. The summed E-state index contributed by atoms with van der Waals surface area (Å²) in [6, 6.07) is 0. The molecule has 3 heterocycles. The molecule has 6 unspecified atom stereocenters. The first kappa shape index (κ1) is 39.8. The highest BCUT2D eigenvalue weighted by Gasteiger charge is 2.54. The molecule has 3 saturated heterocycles. The van der Waals surface area contributed by atoms with Gasteiger partial charge in [-0.3, -0.25) is 0 Å². The van der Waals surface area contributed by atoms with Crippen LogP contribution in [0.25, 0.3) is 0 Å². The summed E-state index contributed by atoms with van der Waals surface area (Å²) in [6.07, 6.45) is -15.3. The molecule has 0 aliphatic carbocycles. The molecule has 3 aliphatic rings. The van der Waals surface area contributed by atoms with E-state index in [4.69, 9.17) is 52.1 Å². The molecule has 0 aromatic heterocycles. The van der Waals surface area contributed by atoms with Crippen molar-refractivity contribution in [2.45, 2.75) is 140 Å². The second-order valence-electron chi connectivity index (χ2n) is 11.4. The van der Waals surface area contributed by atoms with E-state index in [0.29, 0.717) is 26.4 Å². The van der Waals surface area contributed by atoms with Crippen molar-refractivity contribution in [1.29, 1.82) is 0 Å². The summed E-state index contributed by atoms with van der Waals surface area (Å²) < 4.78 is 65.7. The molecule has 0 saturated carbocycles. The lowest BCUT2D eigenvalue weighted by molar-refractivity contribution is -0.379. The number of hydrogen-bond acceptors (Lipinski definition) is 15. The third kappa shape index (κ3) is 9.98. The van der Waals surface area contributed by atoms with Gasteiger partial charge in [-0.05, 0) is 48.5 Å². The molecule has 3 rings (SSSR count). The molecule has 0 aromatic carbocycles. The van der Waals surface area contributed by atoms with E-state index in [-0.39, 0.29) is 33.0 Å². The quantitative estimate of drug-likeness (QED) is 0.141. The van der Waals surface area contributed by atoms with E-state index in [1.165, 1.54) is 0 Å². The molecule has 0 amide bonds. The van der Waals surface area contributed by atoms with Crippen molar-refractivity contribution in [2.24, 2.45) is 0 Å². The highest BCUT2D eigenvalue weighted by molar-refractivity contribution is 4.98. The molecule has 3 fully saturated rings. The minimum Gasteiger partial charge on any atom is -0.387 e. The first-order valence-corrected chi connectivity index (χ1v) is 16.7. The van der Waals surface area contributed by atoms with Gasteiger partial charge in [0.15, 0.2) is 12.6 Å². The maximum absolute atomic E-state index is 11.8. The van der Waals surface area contributed by atoms with Crippen LogP contribution < -0.4 is 0 Å². The van der Waals surface area contributed by atoms with Crippen LogP contribution in [0.4, 0.5) is 0 Å². The lowest BCUT2D eigenvalue weighted by Crippen LogP contribution is -2.67. The molecule has 46 heavy (non-hydrogen) atoms. The van der Waals surface area contributed by atoms with Crippen LogP contribution in [0, 0.1) is 0 Å². The standard InChI is InChI=1S/C31H58O15/c1-8-36-14-18-21(32)22(33)28(40-12-5)30(43-18)46-27-20(16-38-10-3)44-31(29(24(27)35)41-13-6)45-26-19(15-37-9-2)42-17(7)25(23(26)34)39-11-4/h17-35H,8-16H2,1-7H3/t17-,18-,19-,20?,21+,22?,23?,24-,25?,26+,27+,28?,29?,30-,31-/m0/s1. The maximum Gasteiger partial charge on any atom is 0.187 e. The molecule has 15 atom stereocenters. The topological polar surface area (TPSA) is 182 Å². The summed E-state index contributed by atoms with van der Waals surface area (Å²) in [6.45, 7) is 14.7. The highest BCUT2D eigenvalue weighted by Crippen LogP contribution is 2.35. The van der Waals surface area contributed by atoms with Crippen molar-refractivity contribution in [3.8, 4) is 0 Å². The predicted molar refractivity (Wildman–Crippen MR) is 161 cm³/mol. The summed E-state index contributed by atoms with van der Waals surface area (Å²) >= 11 is 0. The normalized spacial score (nSPS) is 41.9. The van der Waals surface area contributed by atoms with E-state index >= 15 is 0 Å². The summed E-state index contributed by atoms with van der Waals surface area (Å²) in [5.74, 6) is 0. The fourth-order valence-electron chi connectivity index (χ4n) is 6.05. The SMILES string of the molecule is CCOCC1O[C@@H](O[C@H]2C(O)C(OCC)[C@H](C)O[C@H]2COCC)C(OCC)[C@@H](O)[C@@H]1O[C@@H]1O[C@@H](COCC)[C@@H](O)C(O)C1OCC. The van der Waals surface area contributed by atoms with Gasteiger partial charge in [0.1, 0.15) is 73.2 Å². The van der Waals surface area contributed by atoms with Crippen molar-refractivity contribution in [3.05, 3.63) is 0 Å². The zero-order valence-electron chi connectivity index (χ0n) is 28.3. The number of rotatable bonds is 19. The predicted octanol–water partition coefficient (Wildman–Crippen LogP) is -0.238. The van der Waals surface area contributed by atoms with Gasteiger partial charge < -0.3 is 72.5 Å². The second-order valence-corrected chi connectivity index (χ2v) is 11.4. The fraction of sp³-hybridized carbons (Fsp3) is 1.00. The summed E-state index contributed by atoms with van der Waals surface area (Å²) in [5.41, 5.74) is 0. The third-order valence-electron chi connectivity index (χ3n) is 8.27. The van der Waals surface area contributed by atoms with Crippen molar-refractivity contribution in [2.75, 3.05) is 59.5 Å². The van der Waals surface area contributed by atoms with Crippen molar-refractivity contribution >= 4 is 0 Å². The van der Waals surface area contributed by atoms with Crippen LogP contribution in [0.2, 0.25) is 0 Å². The fourth-order valence-corrected chi connectivity index (χ4v) is 6.05. The molecule has 272 valence electrons. The molecule has 0 radical (unpaired) electrons. The summed E-state index contributed by atoms with van der Waals surface area (Å²) in [5, 5.41) is 44.9. The number of aliphatic hydroxyl groups excluding tert-OH is 4. The molecule has 15 nitrogen and oxygen atoms in total. The van der Waals surface area contributed by atoms with Gasteiger partial charge in [0.25, 0.3) is 0 Å². The highest BCUT2D eigenvalue weighted by atomic mass is 16.8. The van der Waals surface area contributed by atoms with Gasteiger partial charge >= 0.3 is 0 Å². The Kier molecular flexibility index (Phi) is 17.5. The number of hydrogen-bond donors (Lipinski definition) is 4. The number of ether oxygens (including phenoxy) is 11. The zero-order valence-corrected chi connectivity index (χ0v) is 28.3. The first-order chi connectivity index (χ1) is 22.2. The molecular formula is C31H58O15.